The summed E-state index contributed by atoms with van der Waals surface area (Å²) in [6.45, 7) is 3.76. The summed E-state index contributed by atoms with van der Waals surface area (Å²) in [5, 5.41) is 1.64. The Morgan fingerprint density at radius 2 is 1.94 bits per heavy atom. The number of carbonyl (C=O) groups excluding carboxylic acids is 1. The zero-order chi connectivity index (χ0) is 24.0. The number of ether oxygens (including phenoxy) is 1. The van der Waals surface area contributed by atoms with E-state index in [0.717, 1.165) is 22.0 Å². The molecule has 8 heteroatoms. The number of nitrogens with zero attached hydrogens (tertiary/aromatic N) is 3. The maximum Gasteiger partial charge on any atom is 0.338 e. The highest BCUT2D eigenvalue weighted by molar-refractivity contribution is 7.07. The average molecular weight is 492 g/mol. The van der Waals surface area contributed by atoms with Crippen molar-refractivity contribution in [2.24, 2.45) is 12.0 Å². The van der Waals surface area contributed by atoms with Crippen molar-refractivity contribution >= 4 is 45.9 Å². The number of aryl methyl sites for hydroxylation is 1. The molecule has 0 aliphatic carbocycles. The van der Waals surface area contributed by atoms with E-state index in [9.17, 15) is 9.59 Å². The van der Waals surface area contributed by atoms with Gasteiger partial charge in [-0.15, -0.1) is 0 Å². The summed E-state index contributed by atoms with van der Waals surface area (Å²) in [5.74, 6) is -0.480. The molecule has 0 bridgehead atoms. The molecule has 0 saturated carbocycles. The second-order valence-electron chi connectivity index (χ2n) is 8.07. The van der Waals surface area contributed by atoms with E-state index in [2.05, 4.69) is 4.99 Å². The van der Waals surface area contributed by atoms with E-state index in [1.165, 1.54) is 11.3 Å². The SMILES string of the molecule is CCOC(=O)C1=C(C)N=c2s/c(=C\c3cn(C)c4ccccc34)c(=O)n2C1c1ccc(Cl)cc1. The summed E-state index contributed by atoms with van der Waals surface area (Å²) < 4.78 is 9.51. The van der Waals surface area contributed by atoms with Crippen LogP contribution in [-0.4, -0.2) is 21.7 Å². The largest absolute Gasteiger partial charge is 0.463 e. The predicted molar refractivity (Wildman–Crippen MR) is 135 cm³/mol. The van der Waals surface area contributed by atoms with Crippen LogP contribution in [0.3, 0.4) is 0 Å². The van der Waals surface area contributed by atoms with Gasteiger partial charge in [-0.1, -0.05) is 53.3 Å². The molecule has 1 aliphatic rings. The van der Waals surface area contributed by atoms with Crippen LogP contribution in [0, 0.1) is 0 Å². The maximum atomic E-state index is 13.7. The van der Waals surface area contributed by atoms with Crippen molar-refractivity contribution in [2.75, 3.05) is 6.61 Å². The minimum atomic E-state index is -0.651. The molecule has 4 aromatic rings. The lowest BCUT2D eigenvalue weighted by Crippen LogP contribution is -2.39. The van der Waals surface area contributed by atoms with Crippen LogP contribution in [0.4, 0.5) is 0 Å². The molecule has 34 heavy (non-hydrogen) atoms. The van der Waals surface area contributed by atoms with Crippen molar-refractivity contribution in [3.05, 3.63) is 102 Å². The smallest absolute Gasteiger partial charge is 0.338 e. The van der Waals surface area contributed by atoms with Crippen LogP contribution in [0.25, 0.3) is 17.0 Å². The van der Waals surface area contributed by atoms with Crippen LogP contribution in [0.2, 0.25) is 5.02 Å². The zero-order valence-electron chi connectivity index (χ0n) is 18.9. The van der Waals surface area contributed by atoms with Gasteiger partial charge in [0.1, 0.15) is 0 Å². The number of esters is 1. The van der Waals surface area contributed by atoms with Gasteiger partial charge in [-0.3, -0.25) is 9.36 Å². The Kier molecular flexibility index (Phi) is 5.75. The molecule has 5 rings (SSSR count). The number of hydrogen-bond acceptors (Lipinski definition) is 5. The normalized spacial score (nSPS) is 16.0. The molecule has 1 unspecified atom stereocenters. The number of halogens is 1. The molecule has 6 nitrogen and oxygen atoms in total. The Hall–Kier alpha value is -3.42. The summed E-state index contributed by atoms with van der Waals surface area (Å²) in [7, 11) is 1.98. The number of benzene rings is 2. The molecule has 0 spiro atoms. The number of allylic oxidation sites excluding steroid dienone is 1. The van der Waals surface area contributed by atoms with Crippen LogP contribution in [0.1, 0.15) is 31.0 Å². The van der Waals surface area contributed by atoms with Gasteiger partial charge in [0, 0.05) is 34.7 Å². The molecule has 0 N–H and O–H groups in total. The fourth-order valence-corrected chi connectivity index (χ4v) is 5.54. The van der Waals surface area contributed by atoms with Gasteiger partial charge in [-0.2, -0.15) is 0 Å². The van der Waals surface area contributed by atoms with Gasteiger partial charge in [0.25, 0.3) is 5.56 Å². The van der Waals surface area contributed by atoms with Gasteiger partial charge < -0.3 is 9.30 Å². The molecular formula is C26H22ClN3O3S. The Balaban J connectivity index is 1.75. The fourth-order valence-electron chi connectivity index (χ4n) is 4.38. The molecule has 0 saturated heterocycles. The lowest BCUT2D eigenvalue weighted by atomic mass is 9.96. The van der Waals surface area contributed by atoms with Gasteiger partial charge in [0.15, 0.2) is 4.80 Å². The van der Waals surface area contributed by atoms with Gasteiger partial charge >= 0.3 is 5.97 Å². The quantitative estimate of drug-likeness (QED) is 0.406. The Labute approximate surface area is 204 Å². The van der Waals surface area contributed by atoms with E-state index in [1.54, 1.807) is 30.5 Å². The number of hydrogen-bond donors (Lipinski definition) is 0. The molecule has 1 aliphatic heterocycles. The molecule has 2 aromatic heterocycles. The van der Waals surface area contributed by atoms with E-state index in [4.69, 9.17) is 16.3 Å². The van der Waals surface area contributed by atoms with Crippen molar-refractivity contribution in [3.8, 4) is 0 Å². The van der Waals surface area contributed by atoms with Gasteiger partial charge in [0.05, 0.1) is 28.5 Å². The van der Waals surface area contributed by atoms with Crippen molar-refractivity contribution in [2.45, 2.75) is 19.9 Å². The molecule has 1 atom stereocenters. The van der Waals surface area contributed by atoms with Gasteiger partial charge in [0.2, 0.25) is 0 Å². The number of aromatic nitrogens is 2. The van der Waals surface area contributed by atoms with Crippen LogP contribution in [0.15, 0.2) is 75.8 Å². The highest BCUT2D eigenvalue weighted by Crippen LogP contribution is 2.31. The topological polar surface area (TPSA) is 65.6 Å². The number of thiazole rings is 1. The lowest BCUT2D eigenvalue weighted by molar-refractivity contribution is -0.139. The monoisotopic (exact) mass is 491 g/mol. The molecule has 0 amide bonds. The van der Waals surface area contributed by atoms with Crippen LogP contribution < -0.4 is 14.9 Å². The van der Waals surface area contributed by atoms with Crippen LogP contribution in [-0.2, 0) is 16.6 Å². The molecule has 0 radical (unpaired) electrons. The Morgan fingerprint density at radius 1 is 1.21 bits per heavy atom. The lowest BCUT2D eigenvalue weighted by Gasteiger charge is -2.24. The minimum Gasteiger partial charge on any atom is -0.463 e. The Bertz CT molecular complexity index is 1640. The first-order valence-corrected chi connectivity index (χ1v) is 12.1. The van der Waals surface area contributed by atoms with Crippen molar-refractivity contribution in [1.82, 2.24) is 9.13 Å². The third-order valence-electron chi connectivity index (χ3n) is 5.92. The summed E-state index contributed by atoms with van der Waals surface area (Å²) >= 11 is 7.42. The molecular weight excluding hydrogens is 470 g/mol. The number of para-hydroxylation sites is 1. The van der Waals surface area contributed by atoms with E-state index < -0.39 is 12.0 Å². The fraction of sp³-hybridized carbons (Fsp3) is 0.192. The predicted octanol–water partition coefficient (Wildman–Crippen LogP) is 3.94. The average Bonchev–Trinajstić information content (AvgIpc) is 3.30. The third kappa shape index (κ3) is 3.71. The summed E-state index contributed by atoms with van der Waals surface area (Å²) in [4.78, 5) is 31.8. The van der Waals surface area contributed by atoms with E-state index in [0.29, 0.717) is 25.6 Å². The second kappa shape index (κ2) is 8.74. The zero-order valence-corrected chi connectivity index (χ0v) is 20.5. The third-order valence-corrected chi connectivity index (χ3v) is 7.15. The highest BCUT2D eigenvalue weighted by atomic mass is 35.5. The molecule has 3 heterocycles. The highest BCUT2D eigenvalue weighted by Gasteiger charge is 2.33. The second-order valence-corrected chi connectivity index (χ2v) is 9.51. The van der Waals surface area contributed by atoms with Crippen LogP contribution >= 0.6 is 22.9 Å². The minimum absolute atomic E-state index is 0.203. The molecule has 172 valence electrons. The first kappa shape index (κ1) is 22.4. The summed E-state index contributed by atoms with van der Waals surface area (Å²) in [6, 6.07) is 14.6. The standard InChI is InChI=1S/C26H22ClN3O3S/c1-4-33-25(32)22-15(2)28-26-30(23(22)16-9-11-18(27)12-10-16)24(31)21(34-26)13-17-14-29(3)20-8-6-5-7-19(17)20/h5-14,23H,4H2,1-3H3/b21-13-. The molecule has 2 aromatic carbocycles. The van der Waals surface area contributed by atoms with E-state index in [1.807, 2.05) is 60.3 Å². The van der Waals surface area contributed by atoms with E-state index in [-0.39, 0.29) is 12.2 Å². The summed E-state index contributed by atoms with van der Waals surface area (Å²) in [5.41, 5.74) is 3.49. The van der Waals surface area contributed by atoms with Crippen molar-refractivity contribution in [3.63, 3.8) is 0 Å². The van der Waals surface area contributed by atoms with E-state index >= 15 is 0 Å². The van der Waals surface area contributed by atoms with Gasteiger partial charge in [-0.05, 0) is 43.7 Å². The number of fused-ring (bicyclic) bond motifs is 2. The molecule has 0 fully saturated rings. The van der Waals surface area contributed by atoms with Gasteiger partial charge in [-0.25, -0.2) is 9.79 Å². The van der Waals surface area contributed by atoms with Crippen molar-refractivity contribution in [1.29, 1.82) is 0 Å². The first-order valence-electron chi connectivity index (χ1n) is 10.9. The Morgan fingerprint density at radius 3 is 2.68 bits per heavy atom. The number of rotatable bonds is 4. The summed E-state index contributed by atoms with van der Waals surface area (Å²) in [6.07, 6.45) is 3.91. The maximum absolute atomic E-state index is 13.7. The first-order chi connectivity index (χ1) is 16.4. The van der Waals surface area contributed by atoms with Crippen molar-refractivity contribution < 1.29 is 9.53 Å². The van der Waals surface area contributed by atoms with Crippen LogP contribution in [0.5, 0.6) is 0 Å². The number of carbonyl (C=O) groups is 1.